The van der Waals surface area contributed by atoms with Crippen molar-refractivity contribution >= 4 is 11.9 Å². The maximum absolute atomic E-state index is 12.6. The van der Waals surface area contributed by atoms with Crippen molar-refractivity contribution in [1.82, 2.24) is 5.32 Å². The summed E-state index contributed by atoms with van der Waals surface area (Å²) in [5.41, 5.74) is 8.43. The molecule has 3 amide bonds. The molecule has 0 fully saturated rings. The van der Waals surface area contributed by atoms with Crippen LogP contribution in [0.25, 0.3) is 0 Å². The molecule has 26 heavy (non-hydrogen) atoms. The molecule has 2 rings (SSSR count). The number of aryl methyl sites for hydroxylation is 1. The first-order chi connectivity index (χ1) is 12.4. The topological polar surface area (TPSA) is 88.8 Å². The highest BCUT2D eigenvalue weighted by Crippen LogP contribution is 2.21. The van der Waals surface area contributed by atoms with Gasteiger partial charge >= 0.3 is 6.03 Å². The van der Waals surface area contributed by atoms with E-state index in [0.717, 1.165) is 17.5 Å². The predicted octanol–water partition coefficient (Wildman–Crippen LogP) is 2.45. The number of primary amides is 1. The van der Waals surface area contributed by atoms with Crippen molar-refractivity contribution in [2.75, 3.05) is 0 Å². The smallest absolute Gasteiger partial charge is 0.319 e. The SMILES string of the molecule is CCc1ccc([C@@H]([NH2+][C@@H](C(=O)NC(N)=O)c2ccccc2)C(C)C)cc1. The Hall–Kier alpha value is -2.66. The van der Waals surface area contributed by atoms with Gasteiger partial charge in [-0.05, 0) is 12.0 Å². The van der Waals surface area contributed by atoms with Gasteiger partial charge in [0, 0.05) is 17.0 Å². The number of imide groups is 1. The highest BCUT2D eigenvalue weighted by Gasteiger charge is 2.31. The summed E-state index contributed by atoms with van der Waals surface area (Å²) in [7, 11) is 0. The number of carbonyl (C=O) groups excluding carboxylic acids is 2. The molecule has 5 N–H and O–H groups in total. The third-order valence-corrected chi connectivity index (χ3v) is 4.58. The lowest BCUT2D eigenvalue weighted by Crippen LogP contribution is -2.89. The molecular formula is C21H28N3O2+. The van der Waals surface area contributed by atoms with E-state index in [4.69, 9.17) is 5.73 Å². The highest BCUT2D eigenvalue weighted by molar-refractivity contribution is 5.96. The molecule has 0 aliphatic heterocycles. The first kappa shape index (κ1) is 19.7. The molecule has 0 aliphatic carbocycles. The van der Waals surface area contributed by atoms with E-state index < -0.39 is 18.0 Å². The highest BCUT2D eigenvalue weighted by atomic mass is 16.2. The van der Waals surface area contributed by atoms with Gasteiger partial charge in [0.05, 0.1) is 0 Å². The van der Waals surface area contributed by atoms with Crippen molar-refractivity contribution in [3.05, 3.63) is 71.3 Å². The molecule has 2 aromatic rings. The van der Waals surface area contributed by atoms with Crippen LogP contribution in [0.2, 0.25) is 0 Å². The van der Waals surface area contributed by atoms with Gasteiger partial charge in [-0.3, -0.25) is 10.1 Å². The second-order valence-electron chi connectivity index (χ2n) is 6.80. The van der Waals surface area contributed by atoms with Crippen LogP contribution in [-0.2, 0) is 11.2 Å². The van der Waals surface area contributed by atoms with Crippen LogP contribution in [0, 0.1) is 5.92 Å². The summed E-state index contributed by atoms with van der Waals surface area (Å²) in [5.74, 6) is -0.102. The number of carbonyl (C=O) groups is 2. The molecule has 0 saturated heterocycles. The Balaban J connectivity index is 2.32. The van der Waals surface area contributed by atoms with Crippen LogP contribution in [0.1, 0.15) is 49.5 Å². The monoisotopic (exact) mass is 354 g/mol. The van der Waals surface area contributed by atoms with Gasteiger partial charge < -0.3 is 11.1 Å². The lowest BCUT2D eigenvalue weighted by atomic mass is 9.93. The minimum atomic E-state index is -0.835. The average Bonchev–Trinajstić information content (AvgIpc) is 2.62. The maximum atomic E-state index is 12.6. The quantitative estimate of drug-likeness (QED) is 0.713. The van der Waals surface area contributed by atoms with E-state index in [2.05, 4.69) is 50.4 Å². The molecule has 0 spiro atoms. The number of hydrogen-bond acceptors (Lipinski definition) is 2. The lowest BCUT2D eigenvalue weighted by Gasteiger charge is -2.25. The number of nitrogens with one attached hydrogen (secondary N) is 1. The molecule has 0 unspecified atom stereocenters. The Morgan fingerprint density at radius 1 is 1.00 bits per heavy atom. The molecule has 5 heteroatoms. The van der Waals surface area contributed by atoms with Gasteiger partial charge in [0.15, 0.2) is 6.04 Å². The second-order valence-corrected chi connectivity index (χ2v) is 6.80. The Labute approximate surface area is 155 Å². The average molecular weight is 354 g/mol. The number of nitrogens with two attached hydrogens (primary N) is 2. The van der Waals surface area contributed by atoms with Gasteiger partial charge in [-0.2, -0.15) is 0 Å². The van der Waals surface area contributed by atoms with Gasteiger partial charge in [0.2, 0.25) is 0 Å². The number of rotatable bonds is 7. The third kappa shape index (κ3) is 5.17. The van der Waals surface area contributed by atoms with Crippen molar-refractivity contribution in [3.63, 3.8) is 0 Å². The lowest BCUT2D eigenvalue weighted by molar-refractivity contribution is -0.728. The fraction of sp³-hybridized carbons (Fsp3) is 0.333. The molecule has 5 nitrogen and oxygen atoms in total. The summed E-state index contributed by atoms with van der Waals surface area (Å²) in [5, 5.41) is 4.24. The molecule has 0 radical (unpaired) electrons. The summed E-state index contributed by atoms with van der Waals surface area (Å²) in [4.78, 5) is 23.8. The maximum Gasteiger partial charge on any atom is 0.319 e. The van der Waals surface area contributed by atoms with Gasteiger partial charge in [-0.25, -0.2) is 4.79 Å². The van der Waals surface area contributed by atoms with Crippen LogP contribution in [0.5, 0.6) is 0 Å². The number of amides is 3. The molecule has 0 aliphatic rings. The van der Waals surface area contributed by atoms with Crippen LogP contribution in [0.15, 0.2) is 54.6 Å². The summed E-state index contributed by atoms with van der Waals surface area (Å²) >= 11 is 0. The van der Waals surface area contributed by atoms with E-state index in [-0.39, 0.29) is 6.04 Å². The van der Waals surface area contributed by atoms with E-state index >= 15 is 0 Å². The molecular weight excluding hydrogens is 326 g/mol. The number of quaternary nitrogens is 1. The molecule has 0 heterocycles. The van der Waals surface area contributed by atoms with Crippen molar-refractivity contribution in [2.45, 2.75) is 39.3 Å². The largest absolute Gasteiger partial charge is 0.351 e. The number of benzene rings is 2. The second kappa shape index (κ2) is 9.15. The van der Waals surface area contributed by atoms with Crippen molar-refractivity contribution in [2.24, 2.45) is 11.7 Å². The minimum Gasteiger partial charge on any atom is -0.351 e. The zero-order valence-electron chi connectivity index (χ0n) is 15.6. The zero-order chi connectivity index (χ0) is 19.1. The normalized spacial score (nSPS) is 13.2. The summed E-state index contributed by atoms with van der Waals surface area (Å²) < 4.78 is 0. The Kier molecular flexibility index (Phi) is 6.92. The molecule has 0 saturated carbocycles. The summed E-state index contributed by atoms with van der Waals surface area (Å²) in [6.45, 7) is 6.38. The Bertz CT molecular complexity index is 727. The minimum absolute atomic E-state index is 0.0738. The van der Waals surface area contributed by atoms with Crippen LogP contribution < -0.4 is 16.4 Å². The fourth-order valence-corrected chi connectivity index (χ4v) is 3.11. The van der Waals surface area contributed by atoms with E-state index in [1.807, 2.05) is 35.6 Å². The Morgan fingerprint density at radius 2 is 1.62 bits per heavy atom. The van der Waals surface area contributed by atoms with Gasteiger partial charge in [0.25, 0.3) is 5.91 Å². The zero-order valence-corrected chi connectivity index (χ0v) is 15.6. The van der Waals surface area contributed by atoms with Crippen molar-refractivity contribution in [3.8, 4) is 0 Å². The van der Waals surface area contributed by atoms with Crippen LogP contribution in [0.4, 0.5) is 4.79 Å². The van der Waals surface area contributed by atoms with Crippen LogP contribution in [0.3, 0.4) is 0 Å². The number of hydrogen-bond donors (Lipinski definition) is 3. The van der Waals surface area contributed by atoms with Gasteiger partial charge in [-0.1, -0.05) is 75.4 Å². The fourth-order valence-electron chi connectivity index (χ4n) is 3.11. The molecule has 138 valence electrons. The predicted molar refractivity (Wildman–Crippen MR) is 102 cm³/mol. The van der Waals surface area contributed by atoms with Crippen LogP contribution in [-0.4, -0.2) is 11.9 Å². The van der Waals surface area contributed by atoms with Crippen molar-refractivity contribution < 1.29 is 14.9 Å². The molecule has 2 aromatic carbocycles. The summed E-state index contributed by atoms with van der Waals surface area (Å²) in [6.07, 6.45) is 0.990. The van der Waals surface area contributed by atoms with Crippen LogP contribution >= 0.6 is 0 Å². The van der Waals surface area contributed by atoms with Gasteiger partial charge in [0.1, 0.15) is 6.04 Å². The van der Waals surface area contributed by atoms with E-state index in [9.17, 15) is 9.59 Å². The number of urea groups is 1. The van der Waals surface area contributed by atoms with E-state index in [1.54, 1.807) is 0 Å². The summed E-state index contributed by atoms with van der Waals surface area (Å²) in [6, 6.07) is 16.6. The standard InChI is InChI=1S/C21H27N3O2/c1-4-15-10-12-17(13-11-15)18(14(2)3)23-19(20(25)24-21(22)26)16-8-6-5-7-9-16/h5-14,18-19,23H,4H2,1-3H3,(H3,22,24,25,26)/p+1/t18-,19+/m0/s1. The first-order valence-corrected chi connectivity index (χ1v) is 9.01. The Morgan fingerprint density at radius 3 is 2.12 bits per heavy atom. The first-order valence-electron chi connectivity index (χ1n) is 9.01. The van der Waals surface area contributed by atoms with Crippen molar-refractivity contribution in [1.29, 1.82) is 0 Å². The van der Waals surface area contributed by atoms with E-state index in [1.165, 1.54) is 5.56 Å². The van der Waals surface area contributed by atoms with E-state index in [0.29, 0.717) is 5.92 Å². The molecule has 0 aromatic heterocycles. The third-order valence-electron chi connectivity index (χ3n) is 4.58. The van der Waals surface area contributed by atoms with Gasteiger partial charge in [-0.15, -0.1) is 0 Å². The molecule has 2 atom stereocenters. The molecule has 0 bridgehead atoms.